The third kappa shape index (κ3) is 5.95. The second-order valence-electron chi connectivity index (χ2n) is 5.78. The number of carbonyl (C=O) groups is 2. The summed E-state index contributed by atoms with van der Waals surface area (Å²) in [5.41, 5.74) is 2.89. The van der Waals surface area contributed by atoms with Crippen molar-refractivity contribution in [2.45, 2.75) is 33.3 Å². The highest BCUT2D eigenvalue weighted by atomic mass is 16.6. The lowest BCUT2D eigenvalue weighted by molar-refractivity contribution is -0.153. The molecule has 0 aromatic heterocycles. The third-order valence-corrected chi connectivity index (χ3v) is 3.63. The van der Waals surface area contributed by atoms with Gasteiger partial charge in [0.25, 0.3) is 5.91 Å². The second-order valence-corrected chi connectivity index (χ2v) is 5.78. The Balaban J connectivity index is 1.78. The van der Waals surface area contributed by atoms with Crippen molar-refractivity contribution in [3.8, 4) is 5.75 Å². The molecule has 0 bridgehead atoms. The predicted octanol–water partition coefficient (Wildman–Crippen LogP) is 3.51. The van der Waals surface area contributed by atoms with E-state index in [1.54, 1.807) is 13.0 Å². The molecule has 0 unspecified atom stereocenters. The lowest BCUT2D eigenvalue weighted by Crippen LogP contribution is -2.29. The highest BCUT2D eigenvalue weighted by Crippen LogP contribution is 2.14. The molecular formula is C20H23NO4. The van der Waals surface area contributed by atoms with Crippen LogP contribution in [0.3, 0.4) is 0 Å². The van der Waals surface area contributed by atoms with Gasteiger partial charge in [-0.1, -0.05) is 31.2 Å². The summed E-state index contributed by atoms with van der Waals surface area (Å²) in [6, 6.07) is 14.9. The van der Waals surface area contributed by atoms with Gasteiger partial charge in [-0.3, -0.25) is 4.79 Å². The number of hydrogen-bond acceptors (Lipinski definition) is 4. The first kappa shape index (κ1) is 18.5. The molecule has 1 N–H and O–H groups in total. The predicted molar refractivity (Wildman–Crippen MR) is 96.7 cm³/mol. The summed E-state index contributed by atoms with van der Waals surface area (Å²) in [4.78, 5) is 23.8. The summed E-state index contributed by atoms with van der Waals surface area (Å²) in [5, 5.41) is 2.69. The molecule has 0 fully saturated rings. The number of aryl methyl sites for hydroxylation is 2. The number of hydrogen-bond donors (Lipinski definition) is 1. The molecule has 0 aliphatic carbocycles. The van der Waals surface area contributed by atoms with Gasteiger partial charge in [0.05, 0.1) is 0 Å². The Hall–Kier alpha value is -2.82. The number of esters is 1. The van der Waals surface area contributed by atoms with Crippen molar-refractivity contribution in [1.82, 2.24) is 0 Å². The van der Waals surface area contributed by atoms with E-state index < -0.39 is 12.1 Å². The van der Waals surface area contributed by atoms with Crippen LogP contribution in [0.5, 0.6) is 5.75 Å². The summed E-state index contributed by atoms with van der Waals surface area (Å²) in [7, 11) is 0. The zero-order valence-corrected chi connectivity index (χ0v) is 14.7. The van der Waals surface area contributed by atoms with E-state index in [4.69, 9.17) is 9.47 Å². The van der Waals surface area contributed by atoms with Crippen molar-refractivity contribution in [1.29, 1.82) is 0 Å². The zero-order chi connectivity index (χ0) is 18.2. The molecule has 0 heterocycles. The lowest BCUT2D eigenvalue weighted by Gasteiger charge is -2.14. The van der Waals surface area contributed by atoms with Gasteiger partial charge >= 0.3 is 5.97 Å². The average molecular weight is 341 g/mol. The Kier molecular flexibility index (Phi) is 6.57. The summed E-state index contributed by atoms with van der Waals surface area (Å²) < 4.78 is 10.5. The fourth-order valence-electron chi connectivity index (χ4n) is 2.22. The summed E-state index contributed by atoms with van der Waals surface area (Å²) in [6.45, 7) is 5.24. The third-order valence-electron chi connectivity index (χ3n) is 3.63. The van der Waals surface area contributed by atoms with Crippen LogP contribution in [0.2, 0.25) is 0 Å². The maximum Gasteiger partial charge on any atom is 0.347 e. The molecule has 0 radical (unpaired) electrons. The Labute approximate surface area is 148 Å². The molecule has 2 aromatic carbocycles. The number of amides is 1. The monoisotopic (exact) mass is 341 g/mol. The van der Waals surface area contributed by atoms with Crippen LogP contribution in [-0.4, -0.2) is 24.6 Å². The molecule has 0 saturated heterocycles. The van der Waals surface area contributed by atoms with E-state index >= 15 is 0 Å². The van der Waals surface area contributed by atoms with Crippen LogP contribution in [0.1, 0.15) is 25.0 Å². The fourth-order valence-corrected chi connectivity index (χ4v) is 2.22. The van der Waals surface area contributed by atoms with Crippen LogP contribution in [0.4, 0.5) is 5.69 Å². The first-order valence-electron chi connectivity index (χ1n) is 8.26. The summed E-state index contributed by atoms with van der Waals surface area (Å²) in [5.74, 6) is -0.386. The zero-order valence-electron chi connectivity index (χ0n) is 14.7. The maximum atomic E-state index is 11.9. The van der Waals surface area contributed by atoms with Crippen molar-refractivity contribution in [3.05, 3.63) is 59.7 Å². The van der Waals surface area contributed by atoms with Crippen molar-refractivity contribution in [2.24, 2.45) is 0 Å². The Morgan fingerprint density at radius 2 is 1.84 bits per heavy atom. The Bertz CT molecular complexity index is 725. The van der Waals surface area contributed by atoms with E-state index in [9.17, 15) is 9.59 Å². The Morgan fingerprint density at radius 3 is 2.48 bits per heavy atom. The summed E-state index contributed by atoms with van der Waals surface area (Å²) >= 11 is 0. The minimum absolute atomic E-state index is 0.351. The molecule has 1 atom stereocenters. The SMILES string of the molecule is CCc1ccc(NC(=O)COC(=O)[C@@H](C)Oc2cccc(C)c2)cc1. The molecule has 2 aromatic rings. The van der Waals surface area contributed by atoms with E-state index in [1.807, 2.05) is 49.4 Å². The van der Waals surface area contributed by atoms with Crippen LogP contribution < -0.4 is 10.1 Å². The van der Waals surface area contributed by atoms with E-state index in [2.05, 4.69) is 12.2 Å². The summed E-state index contributed by atoms with van der Waals surface area (Å²) in [6.07, 6.45) is 0.142. The molecule has 0 aliphatic heterocycles. The number of carbonyl (C=O) groups excluding carboxylic acids is 2. The minimum Gasteiger partial charge on any atom is -0.479 e. The lowest BCUT2D eigenvalue weighted by atomic mass is 10.1. The Morgan fingerprint density at radius 1 is 1.12 bits per heavy atom. The van der Waals surface area contributed by atoms with Crippen LogP contribution in [0.15, 0.2) is 48.5 Å². The van der Waals surface area contributed by atoms with Gasteiger partial charge in [-0.15, -0.1) is 0 Å². The molecule has 25 heavy (non-hydrogen) atoms. The number of benzene rings is 2. The topological polar surface area (TPSA) is 64.6 Å². The van der Waals surface area contributed by atoms with Crippen molar-refractivity contribution in [2.75, 3.05) is 11.9 Å². The normalized spacial score (nSPS) is 11.5. The molecule has 132 valence electrons. The standard InChI is InChI=1S/C20H23NO4/c1-4-16-8-10-17(11-9-16)21-19(22)13-24-20(23)15(3)25-18-7-5-6-14(2)12-18/h5-12,15H,4,13H2,1-3H3,(H,21,22)/t15-/m1/s1. The second kappa shape index (κ2) is 8.87. The molecule has 2 rings (SSSR count). The van der Waals surface area contributed by atoms with Crippen LogP contribution in [0, 0.1) is 6.92 Å². The van der Waals surface area contributed by atoms with Crippen LogP contribution >= 0.6 is 0 Å². The first-order chi connectivity index (χ1) is 12.0. The van der Waals surface area contributed by atoms with Gasteiger partial charge in [0.2, 0.25) is 0 Å². The van der Waals surface area contributed by atoms with Crippen LogP contribution in [-0.2, 0) is 20.7 Å². The van der Waals surface area contributed by atoms with E-state index in [1.165, 1.54) is 5.56 Å². The van der Waals surface area contributed by atoms with Crippen molar-refractivity contribution < 1.29 is 19.1 Å². The minimum atomic E-state index is -0.793. The van der Waals surface area contributed by atoms with Crippen molar-refractivity contribution in [3.63, 3.8) is 0 Å². The van der Waals surface area contributed by atoms with Gasteiger partial charge in [-0.05, 0) is 55.7 Å². The first-order valence-corrected chi connectivity index (χ1v) is 8.26. The smallest absolute Gasteiger partial charge is 0.347 e. The molecule has 0 saturated carbocycles. The number of nitrogens with one attached hydrogen (secondary N) is 1. The van der Waals surface area contributed by atoms with Crippen molar-refractivity contribution >= 4 is 17.6 Å². The largest absolute Gasteiger partial charge is 0.479 e. The van der Waals surface area contributed by atoms with Gasteiger partial charge in [0.15, 0.2) is 12.7 Å². The average Bonchev–Trinajstić information content (AvgIpc) is 2.60. The molecule has 0 aliphatic rings. The number of ether oxygens (including phenoxy) is 2. The van der Waals surface area contributed by atoms with E-state index in [-0.39, 0.29) is 12.5 Å². The molecule has 0 spiro atoms. The number of anilines is 1. The van der Waals surface area contributed by atoms with E-state index in [0.717, 1.165) is 12.0 Å². The number of rotatable bonds is 7. The van der Waals surface area contributed by atoms with E-state index in [0.29, 0.717) is 11.4 Å². The maximum absolute atomic E-state index is 11.9. The highest BCUT2D eigenvalue weighted by molar-refractivity contribution is 5.93. The van der Waals surface area contributed by atoms with Gasteiger partial charge in [-0.25, -0.2) is 4.79 Å². The molecular weight excluding hydrogens is 318 g/mol. The molecule has 5 nitrogen and oxygen atoms in total. The van der Waals surface area contributed by atoms with Gasteiger partial charge in [-0.2, -0.15) is 0 Å². The van der Waals surface area contributed by atoms with Gasteiger partial charge in [0, 0.05) is 5.69 Å². The fraction of sp³-hybridized carbons (Fsp3) is 0.300. The van der Waals surface area contributed by atoms with Gasteiger partial charge in [0.1, 0.15) is 5.75 Å². The van der Waals surface area contributed by atoms with Gasteiger partial charge < -0.3 is 14.8 Å². The molecule has 5 heteroatoms. The highest BCUT2D eigenvalue weighted by Gasteiger charge is 2.18. The van der Waals surface area contributed by atoms with Crippen LogP contribution in [0.25, 0.3) is 0 Å². The molecule has 1 amide bonds. The quantitative estimate of drug-likeness (QED) is 0.783.